The number of anilines is 2. The lowest BCUT2D eigenvalue weighted by atomic mass is 10.3. The first-order valence-corrected chi connectivity index (χ1v) is 6.52. The second kappa shape index (κ2) is 5.44. The average Bonchev–Trinajstić information content (AvgIpc) is 2.75. The van der Waals surface area contributed by atoms with Crippen molar-refractivity contribution in [3.05, 3.63) is 46.4 Å². The minimum absolute atomic E-state index is 0.319. The number of carbonyl (C=O) groups is 1. The van der Waals surface area contributed by atoms with E-state index in [-0.39, 0.29) is 5.91 Å². The van der Waals surface area contributed by atoms with Crippen LogP contribution in [0.5, 0.6) is 0 Å². The van der Waals surface area contributed by atoms with Gasteiger partial charge in [-0.3, -0.25) is 4.79 Å². The number of aryl methyl sites for hydroxylation is 1. The molecule has 2 aromatic rings. The van der Waals surface area contributed by atoms with Crippen molar-refractivity contribution in [1.82, 2.24) is 4.57 Å². The maximum absolute atomic E-state index is 13.4. The van der Waals surface area contributed by atoms with E-state index in [2.05, 4.69) is 21.2 Å². The lowest BCUT2D eigenvalue weighted by Gasteiger charge is -2.08. The molecule has 4 nitrogen and oxygen atoms in total. The Morgan fingerprint density at radius 2 is 2.21 bits per heavy atom. The van der Waals surface area contributed by atoms with Crippen LogP contribution < -0.4 is 11.1 Å². The van der Waals surface area contributed by atoms with Crippen LogP contribution in [0.4, 0.5) is 15.8 Å². The summed E-state index contributed by atoms with van der Waals surface area (Å²) in [6.45, 7) is 2.55. The molecule has 19 heavy (non-hydrogen) atoms. The van der Waals surface area contributed by atoms with Gasteiger partial charge in [0.1, 0.15) is 11.5 Å². The summed E-state index contributed by atoms with van der Waals surface area (Å²) in [7, 11) is 0. The summed E-state index contributed by atoms with van der Waals surface area (Å²) in [4.78, 5) is 12.1. The smallest absolute Gasteiger partial charge is 0.272 e. The number of carbonyl (C=O) groups excluding carboxylic acids is 1. The van der Waals surface area contributed by atoms with Gasteiger partial charge >= 0.3 is 0 Å². The van der Waals surface area contributed by atoms with Crippen LogP contribution in [-0.4, -0.2) is 10.5 Å². The standard InChI is InChI=1S/C13H13BrFN3O/c1-2-18-7-8(16)5-12(18)13(19)17-9-3-4-10(14)11(15)6-9/h3-7H,2,16H2,1H3,(H,17,19). The van der Waals surface area contributed by atoms with Crippen molar-refractivity contribution in [2.45, 2.75) is 13.5 Å². The number of nitrogen functional groups attached to an aromatic ring is 1. The number of nitrogens with zero attached hydrogens (tertiary/aromatic N) is 1. The highest BCUT2D eigenvalue weighted by atomic mass is 79.9. The number of aromatic nitrogens is 1. The molecular formula is C13H13BrFN3O. The number of halogens is 2. The fourth-order valence-corrected chi connectivity index (χ4v) is 2.00. The topological polar surface area (TPSA) is 60.0 Å². The Morgan fingerprint density at radius 3 is 2.84 bits per heavy atom. The van der Waals surface area contributed by atoms with E-state index in [1.54, 1.807) is 22.9 Å². The summed E-state index contributed by atoms with van der Waals surface area (Å²) in [6, 6.07) is 6.00. The van der Waals surface area contributed by atoms with Crippen molar-refractivity contribution in [2.24, 2.45) is 0 Å². The van der Waals surface area contributed by atoms with Gasteiger partial charge in [0.05, 0.1) is 10.2 Å². The molecule has 6 heteroatoms. The van der Waals surface area contributed by atoms with Gasteiger partial charge in [-0.2, -0.15) is 0 Å². The number of nitrogens with one attached hydrogen (secondary N) is 1. The number of hydrogen-bond acceptors (Lipinski definition) is 2. The molecule has 0 atom stereocenters. The SMILES string of the molecule is CCn1cc(N)cc1C(=O)Nc1ccc(Br)c(F)c1. The molecule has 0 saturated carbocycles. The monoisotopic (exact) mass is 325 g/mol. The van der Waals surface area contributed by atoms with Crippen molar-refractivity contribution in [2.75, 3.05) is 11.1 Å². The molecule has 0 aliphatic rings. The van der Waals surface area contributed by atoms with Crippen LogP contribution in [0.2, 0.25) is 0 Å². The Morgan fingerprint density at radius 1 is 1.47 bits per heavy atom. The number of benzene rings is 1. The van der Waals surface area contributed by atoms with Crippen LogP contribution in [0, 0.1) is 5.82 Å². The van der Waals surface area contributed by atoms with Crippen molar-refractivity contribution in [1.29, 1.82) is 0 Å². The van der Waals surface area contributed by atoms with Crippen LogP contribution in [0.1, 0.15) is 17.4 Å². The van der Waals surface area contributed by atoms with E-state index in [0.717, 1.165) is 0 Å². The van der Waals surface area contributed by atoms with Gasteiger partial charge in [-0.15, -0.1) is 0 Å². The number of amides is 1. The van der Waals surface area contributed by atoms with Gasteiger partial charge in [0, 0.05) is 18.4 Å². The van der Waals surface area contributed by atoms with Crippen molar-refractivity contribution in [3.63, 3.8) is 0 Å². The van der Waals surface area contributed by atoms with Crippen LogP contribution >= 0.6 is 15.9 Å². The lowest BCUT2D eigenvalue weighted by Crippen LogP contribution is -2.16. The molecule has 0 bridgehead atoms. The second-order valence-electron chi connectivity index (χ2n) is 4.03. The summed E-state index contributed by atoms with van der Waals surface area (Å²) >= 11 is 3.06. The van der Waals surface area contributed by atoms with Crippen LogP contribution in [0.15, 0.2) is 34.9 Å². The molecule has 0 radical (unpaired) electrons. The molecule has 0 unspecified atom stereocenters. The largest absolute Gasteiger partial charge is 0.397 e. The third-order valence-electron chi connectivity index (χ3n) is 2.67. The molecule has 1 aromatic carbocycles. The van der Waals surface area contributed by atoms with Crippen LogP contribution in [-0.2, 0) is 6.54 Å². The van der Waals surface area contributed by atoms with Gasteiger partial charge in [-0.1, -0.05) is 0 Å². The third kappa shape index (κ3) is 2.96. The molecule has 1 heterocycles. The first-order valence-electron chi connectivity index (χ1n) is 5.73. The molecule has 0 saturated heterocycles. The third-order valence-corrected chi connectivity index (χ3v) is 3.31. The summed E-state index contributed by atoms with van der Waals surface area (Å²) < 4.78 is 15.4. The Kier molecular flexibility index (Phi) is 3.90. The first kappa shape index (κ1) is 13.6. The minimum Gasteiger partial charge on any atom is -0.397 e. The van der Waals surface area contributed by atoms with Crippen molar-refractivity contribution < 1.29 is 9.18 Å². The summed E-state index contributed by atoms with van der Waals surface area (Å²) in [5.41, 5.74) is 7.03. The Bertz CT molecular complexity index is 624. The number of rotatable bonds is 3. The molecule has 1 amide bonds. The predicted molar refractivity (Wildman–Crippen MR) is 76.6 cm³/mol. The summed E-state index contributed by atoms with van der Waals surface area (Å²) in [5.74, 6) is -0.747. The highest BCUT2D eigenvalue weighted by Crippen LogP contribution is 2.20. The molecule has 1 aromatic heterocycles. The fraction of sp³-hybridized carbons (Fsp3) is 0.154. The Hall–Kier alpha value is -1.82. The molecule has 100 valence electrons. The second-order valence-corrected chi connectivity index (χ2v) is 4.88. The lowest BCUT2D eigenvalue weighted by molar-refractivity contribution is 0.101. The van der Waals surface area contributed by atoms with Gasteiger partial charge in [-0.05, 0) is 47.1 Å². The molecular weight excluding hydrogens is 313 g/mol. The highest BCUT2D eigenvalue weighted by Gasteiger charge is 2.13. The van der Waals surface area contributed by atoms with Crippen molar-refractivity contribution >= 4 is 33.2 Å². The van der Waals surface area contributed by atoms with Crippen LogP contribution in [0.3, 0.4) is 0 Å². The number of hydrogen-bond donors (Lipinski definition) is 2. The fourth-order valence-electron chi connectivity index (χ4n) is 1.75. The first-order chi connectivity index (χ1) is 9.01. The maximum atomic E-state index is 13.4. The molecule has 3 N–H and O–H groups in total. The highest BCUT2D eigenvalue weighted by molar-refractivity contribution is 9.10. The zero-order valence-corrected chi connectivity index (χ0v) is 11.9. The number of nitrogens with two attached hydrogens (primary N) is 1. The molecule has 0 spiro atoms. The van der Waals surface area contributed by atoms with Crippen molar-refractivity contribution in [3.8, 4) is 0 Å². The van der Waals surface area contributed by atoms with E-state index in [0.29, 0.717) is 28.1 Å². The van der Waals surface area contributed by atoms with E-state index in [1.165, 1.54) is 12.1 Å². The van der Waals surface area contributed by atoms with Gasteiger partial charge < -0.3 is 15.6 Å². The van der Waals surface area contributed by atoms with Gasteiger partial charge in [-0.25, -0.2) is 4.39 Å². The molecule has 0 fully saturated rings. The quantitative estimate of drug-likeness (QED) is 0.910. The van der Waals surface area contributed by atoms with E-state index < -0.39 is 5.82 Å². The van der Waals surface area contributed by atoms with E-state index in [4.69, 9.17) is 5.73 Å². The zero-order valence-electron chi connectivity index (χ0n) is 10.3. The molecule has 0 aliphatic heterocycles. The minimum atomic E-state index is -0.428. The van der Waals surface area contributed by atoms with E-state index in [1.807, 2.05) is 6.92 Å². The van der Waals surface area contributed by atoms with Crippen LogP contribution in [0.25, 0.3) is 0 Å². The van der Waals surface area contributed by atoms with E-state index in [9.17, 15) is 9.18 Å². The van der Waals surface area contributed by atoms with E-state index >= 15 is 0 Å². The van der Waals surface area contributed by atoms with Gasteiger partial charge in [0.2, 0.25) is 0 Å². The van der Waals surface area contributed by atoms with Gasteiger partial charge in [0.25, 0.3) is 5.91 Å². The van der Waals surface area contributed by atoms with Gasteiger partial charge in [0.15, 0.2) is 0 Å². The average molecular weight is 326 g/mol. The maximum Gasteiger partial charge on any atom is 0.272 e. The molecule has 2 rings (SSSR count). The summed E-state index contributed by atoms with van der Waals surface area (Å²) in [6.07, 6.45) is 1.69. The molecule has 0 aliphatic carbocycles. The Balaban J connectivity index is 2.22. The zero-order chi connectivity index (χ0) is 14.0. The Labute approximate surface area is 118 Å². The predicted octanol–water partition coefficient (Wildman–Crippen LogP) is 3.24. The normalized spacial score (nSPS) is 10.5. The summed E-state index contributed by atoms with van der Waals surface area (Å²) in [5, 5.41) is 2.64.